The van der Waals surface area contributed by atoms with Crippen molar-refractivity contribution in [2.24, 2.45) is 0 Å². The van der Waals surface area contributed by atoms with Crippen LogP contribution in [0.1, 0.15) is 15.9 Å². The first-order valence-electron chi connectivity index (χ1n) is 8.06. The van der Waals surface area contributed by atoms with Gasteiger partial charge in [0.2, 0.25) is 0 Å². The van der Waals surface area contributed by atoms with Gasteiger partial charge in [-0.2, -0.15) is 0 Å². The van der Waals surface area contributed by atoms with E-state index in [-0.39, 0.29) is 11.9 Å². The van der Waals surface area contributed by atoms with Crippen molar-refractivity contribution in [3.05, 3.63) is 58.9 Å². The lowest BCUT2D eigenvalue weighted by molar-refractivity contribution is 0.0671. The van der Waals surface area contributed by atoms with E-state index in [1.807, 2.05) is 19.1 Å². The van der Waals surface area contributed by atoms with Crippen LogP contribution >= 0.6 is 11.6 Å². The standard InChI is InChI=1S/C18H19ClN4O2/c1-13-2-3-15(12-16(13)19)21-18(25)23-10-8-22(9-11-23)17(24)14-4-6-20-7-5-14/h2-7,12H,8-11H2,1H3,(H,21,25). The number of hydrogen-bond acceptors (Lipinski definition) is 3. The van der Waals surface area contributed by atoms with Crippen LogP contribution < -0.4 is 5.32 Å². The Kier molecular flexibility index (Phi) is 5.19. The van der Waals surface area contributed by atoms with Gasteiger partial charge in [0.05, 0.1) is 0 Å². The number of nitrogens with one attached hydrogen (secondary N) is 1. The number of piperazine rings is 1. The van der Waals surface area contributed by atoms with Crippen LogP contribution in [-0.2, 0) is 0 Å². The minimum absolute atomic E-state index is 0.0345. The Morgan fingerprint density at radius 1 is 1.04 bits per heavy atom. The van der Waals surface area contributed by atoms with E-state index in [4.69, 9.17) is 11.6 Å². The lowest BCUT2D eigenvalue weighted by Crippen LogP contribution is -2.51. The fourth-order valence-electron chi connectivity index (χ4n) is 2.66. The van der Waals surface area contributed by atoms with Gasteiger partial charge in [0.25, 0.3) is 5.91 Å². The molecule has 0 saturated carbocycles. The molecule has 7 heteroatoms. The highest BCUT2D eigenvalue weighted by Crippen LogP contribution is 2.20. The molecule has 1 N–H and O–H groups in total. The summed E-state index contributed by atoms with van der Waals surface area (Å²) in [5.41, 5.74) is 2.24. The first-order chi connectivity index (χ1) is 12.0. The molecule has 0 aliphatic carbocycles. The Morgan fingerprint density at radius 2 is 1.68 bits per heavy atom. The number of benzene rings is 1. The van der Waals surface area contributed by atoms with Crippen molar-refractivity contribution < 1.29 is 9.59 Å². The van der Waals surface area contributed by atoms with E-state index in [0.29, 0.717) is 42.5 Å². The van der Waals surface area contributed by atoms with E-state index in [0.717, 1.165) is 5.56 Å². The average Bonchev–Trinajstić information content (AvgIpc) is 2.65. The smallest absolute Gasteiger partial charge is 0.321 e. The third kappa shape index (κ3) is 4.09. The Bertz CT molecular complexity index is 774. The minimum Gasteiger partial charge on any atom is -0.335 e. The average molecular weight is 359 g/mol. The molecule has 1 aliphatic rings. The molecule has 130 valence electrons. The molecule has 1 aromatic heterocycles. The number of halogens is 1. The van der Waals surface area contributed by atoms with Gasteiger partial charge in [0.1, 0.15) is 0 Å². The molecular weight excluding hydrogens is 340 g/mol. The summed E-state index contributed by atoms with van der Waals surface area (Å²) >= 11 is 6.08. The minimum atomic E-state index is -0.184. The van der Waals surface area contributed by atoms with E-state index in [9.17, 15) is 9.59 Å². The molecule has 0 spiro atoms. The third-order valence-corrected chi connectivity index (χ3v) is 4.61. The fraction of sp³-hybridized carbons (Fsp3) is 0.278. The van der Waals surface area contributed by atoms with Crippen molar-refractivity contribution in [3.8, 4) is 0 Å². The van der Waals surface area contributed by atoms with Crippen molar-refractivity contribution in [2.45, 2.75) is 6.92 Å². The van der Waals surface area contributed by atoms with Crippen LogP contribution in [0, 0.1) is 6.92 Å². The Balaban J connectivity index is 1.55. The number of urea groups is 1. The molecule has 0 atom stereocenters. The number of anilines is 1. The molecule has 3 rings (SSSR count). The van der Waals surface area contributed by atoms with Crippen LogP contribution in [0.5, 0.6) is 0 Å². The van der Waals surface area contributed by atoms with Crippen LogP contribution in [0.2, 0.25) is 5.02 Å². The number of nitrogens with zero attached hydrogens (tertiary/aromatic N) is 3. The number of pyridine rings is 1. The molecule has 2 aromatic rings. The van der Waals surface area contributed by atoms with Gasteiger partial charge in [-0.15, -0.1) is 0 Å². The van der Waals surface area contributed by atoms with E-state index < -0.39 is 0 Å². The second-order valence-electron chi connectivity index (χ2n) is 5.91. The van der Waals surface area contributed by atoms with Crippen molar-refractivity contribution in [2.75, 3.05) is 31.5 Å². The van der Waals surface area contributed by atoms with Crippen LogP contribution in [0.3, 0.4) is 0 Å². The van der Waals surface area contributed by atoms with Gasteiger partial charge < -0.3 is 15.1 Å². The third-order valence-electron chi connectivity index (χ3n) is 4.20. The summed E-state index contributed by atoms with van der Waals surface area (Å²) in [6.07, 6.45) is 3.20. The number of hydrogen-bond donors (Lipinski definition) is 1. The van der Waals surface area contributed by atoms with E-state index in [1.54, 1.807) is 40.4 Å². The lowest BCUT2D eigenvalue weighted by atomic mass is 10.2. The van der Waals surface area contributed by atoms with Gasteiger partial charge in [-0.05, 0) is 36.8 Å². The second-order valence-corrected chi connectivity index (χ2v) is 6.32. The number of aromatic nitrogens is 1. The molecule has 1 aliphatic heterocycles. The molecule has 1 fully saturated rings. The second kappa shape index (κ2) is 7.53. The van der Waals surface area contributed by atoms with Crippen LogP contribution in [-0.4, -0.2) is 52.9 Å². The Morgan fingerprint density at radius 3 is 2.32 bits per heavy atom. The van der Waals surface area contributed by atoms with Crippen LogP contribution in [0.25, 0.3) is 0 Å². The van der Waals surface area contributed by atoms with E-state index in [1.165, 1.54) is 0 Å². The predicted molar refractivity (Wildman–Crippen MR) is 96.9 cm³/mol. The maximum atomic E-state index is 12.4. The lowest BCUT2D eigenvalue weighted by Gasteiger charge is -2.34. The van der Waals surface area contributed by atoms with Gasteiger partial charge in [-0.25, -0.2) is 4.79 Å². The van der Waals surface area contributed by atoms with Crippen LogP contribution in [0.4, 0.5) is 10.5 Å². The zero-order valence-electron chi connectivity index (χ0n) is 13.9. The number of amides is 3. The van der Waals surface area contributed by atoms with Gasteiger partial charge in [0, 0.05) is 54.8 Å². The molecule has 1 aromatic carbocycles. The fourth-order valence-corrected chi connectivity index (χ4v) is 2.84. The molecule has 0 bridgehead atoms. The monoisotopic (exact) mass is 358 g/mol. The summed E-state index contributed by atoms with van der Waals surface area (Å²) in [7, 11) is 0. The molecule has 1 saturated heterocycles. The predicted octanol–water partition coefficient (Wildman–Crippen LogP) is 3.03. The molecule has 2 heterocycles. The van der Waals surface area contributed by atoms with Crippen molar-refractivity contribution >= 4 is 29.2 Å². The van der Waals surface area contributed by atoms with Crippen molar-refractivity contribution in [3.63, 3.8) is 0 Å². The highest BCUT2D eigenvalue weighted by atomic mass is 35.5. The number of carbonyl (C=O) groups excluding carboxylic acids is 2. The summed E-state index contributed by atoms with van der Waals surface area (Å²) in [5, 5.41) is 3.46. The highest BCUT2D eigenvalue weighted by molar-refractivity contribution is 6.31. The van der Waals surface area contributed by atoms with E-state index in [2.05, 4.69) is 10.3 Å². The van der Waals surface area contributed by atoms with Gasteiger partial charge in [0.15, 0.2) is 0 Å². The molecular formula is C18H19ClN4O2. The number of aryl methyl sites for hydroxylation is 1. The maximum absolute atomic E-state index is 12.4. The van der Waals surface area contributed by atoms with Crippen molar-refractivity contribution in [1.82, 2.24) is 14.8 Å². The molecule has 0 unspecified atom stereocenters. The summed E-state index contributed by atoms with van der Waals surface area (Å²) in [6, 6.07) is 8.63. The first kappa shape index (κ1) is 17.2. The topological polar surface area (TPSA) is 65.5 Å². The van der Waals surface area contributed by atoms with Gasteiger partial charge >= 0.3 is 6.03 Å². The quantitative estimate of drug-likeness (QED) is 0.897. The van der Waals surface area contributed by atoms with Gasteiger partial charge in [-0.1, -0.05) is 17.7 Å². The molecule has 0 radical (unpaired) electrons. The highest BCUT2D eigenvalue weighted by Gasteiger charge is 2.24. The normalized spacial score (nSPS) is 14.3. The largest absolute Gasteiger partial charge is 0.335 e. The summed E-state index contributed by atoms with van der Waals surface area (Å²) in [5.74, 6) is -0.0345. The van der Waals surface area contributed by atoms with E-state index >= 15 is 0 Å². The van der Waals surface area contributed by atoms with Gasteiger partial charge in [-0.3, -0.25) is 9.78 Å². The number of rotatable bonds is 2. The molecule has 3 amide bonds. The zero-order valence-corrected chi connectivity index (χ0v) is 14.7. The molecule has 25 heavy (non-hydrogen) atoms. The Hall–Kier alpha value is -2.60. The number of carbonyl (C=O) groups is 2. The first-order valence-corrected chi connectivity index (χ1v) is 8.44. The Labute approximate surface area is 151 Å². The summed E-state index contributed by atoms with van der Waals surface area (Å²) in [6.45, 7) is 3.89. The molecule has 6 nitrogen and oxygen atoms in total. The summed E-state index contributed by atoms with van der Waals surface area (Å²) in [4.78, 5) is 32.1. The van der Waals surface area contributed by atoms with Crippen molar-refractivity contribution in [1.29, 1.82) is 0 Å². The summed E-state index contributed by atoms with van der Waals surface area (Å²) < 4.78 is 0. The SMILES string of the molecule is Cc1ccc(NC(=O)N2CCN(C(=O)c3ccncc3)CC2)cc1Cl. The maximum Gasteiger partial charge on any atom is 0.321 e. The van der Waals surface area contributed by atoms with Crippen LogP contribution in [0.15, 0.2) is 42.7 Å². The zero-order chi connectivity index (χ0) is 17.8.